The number of hydrogen-bond donors (Lipinski definition) is 0. The number of nitrogens with zero attached hydrogens (tertiary/aromatic N) is 2. The summed E-state index contributed by atoms with van der Waals surface area (Å²) in [7, 11) is 1.59. The normalized spacial score (nSPS) is 15.8. The minimum absolute atomic E-state index is 0.0426. The van der Waals surface area contributed by atoms with E-state index in [9.17, 15) is 9.59 Å². The lowest BCUT2D eigenvalue weighted by molar-refractivity contribution is -0.142. The highest BCUT2D eigenvalue weighted by Gasteiger charge is 2.34. The van der Waals surface area contributed by atoms with Gasteiger partial charge in [-0.05, 0) is 41.5 Å². The van der Waals surface area contributed by atoms with E-state index in [4.69, 9.17) is 16.3 Å². The van der Waals surface area contributed by atoms with Crippen LogP contribution in [0.2, 0.25) is 0 Å². The van der Waals surface area contributed by atoms with Crippen molar-refractivity contribution in [2.45, 2.75) is 25.8 Å². The first kappa shape index (κ1) is 21.8. The molecule has 0 aliphatic carbocycles. The highest BCUT2D eigenvalue weighted by molar-refractivity contribution is 7.10. The van der Waals surface area contributed by atoms with Gasteiger partial charge in [-0.3, -0.25) is 9.59 Å². The van der Waals surface area contributed by atoms with Gasteiger partial charge < -0.3 is 14.5 Å². The fourth-order valence-corrected chi connectivity index (χ4v) is 4.87. The Morgan fingerprint density at radius 1 is 1.28 bits per heavy atom. The van der Waals surface area contributed by atoms with Gasteiger partial charge in [-0.25, -0.2) is 0 Å². The maximum atomic E-state index is 13.4. The van der Waals surface area contributed by atoms with Gasteiger partial charge in [0.15, 0.2) is 0 Å². The molecule has 1 atom stereocenters. The molecule has 0 bridgehead atoms. The summed E-state index contributed by atoms with van der Waals surface area (Å²) >= 11 is 7.50. The number of halogens is 1. The smallest absolute Gasteiger partial charge is 0.242 e. The molecule has 2 aromatic rings. The zero-order valence-electron chi connectivity index (χ0n) is 16.9. The molecule has 0 spiro atoms. The first-order chi connectivity index (χ1) is 14.1. The van der Waals surface area contributed by atoms with Crippen LogP contribution in [0.5, 0.6) is 0 Å². The van der Waals surface area contributed by atoms with Crippen molar-refractivity contribution < 1.29 is 14.3 Å². The quantitative estimate of drug-likeness (QED) is 0.596. The lowest BCUT2D eigenvalue weighted by Gasteiger charge is -2.38. The number of methoxy groups -OCH3 is 1. The standard InChI is InChI=1S/C22H27ClN2O3S/c1-16-5-3-4-6-17(16)22-18-9-14-29-19(18)8-11-25(22)21(27)15-24(12-13-28-2)20(26)7-10-23/h3-6,9,14,22H,7-8,10-13,15H2,1-2H3. The fourth-order valence-electron chi connectivity index (χ4n) is 3.80. The summed E-state index contributed by atoms with van der Waals surface area (Å²) in [5.41, 5.74) is 3.49. The Bertz CT molecular complexity index is 854. The third-order valence-corrected chi connectivity index (χ3v) is 6.51. The van der Waals surface area contributed by atoms with Gasteiger partial charge in [-0.1, -0.05) is 24.3 Å². The maximum Gasteiger partial charge on any atom is 0.242 e. The average molecular weight is 435 g/mol. The van der Waals surface area contributed by atoms with Gasteiger partial charge in [-0.2, -0.15) is 0 Å². The summed E-state index contributed by atoms with van der Waals surface area (Å²) in [6, 6.07) is 10.2. The lowest BCUT2D eigenvalue weighted by atomic mass is 9.90. The molecule has 0 fully saturated rings. The van der Waals surface area contributed by atoms with Gasteiger partial charge in [0.1, 0.15) is 0 Å². The minimum atomic E-state index is -0.119. The molecule has 3 rings (SSSR count). The predicted octanol–water partition coefficient (Wildman–Crippen LogP) is 3.63. The predicted molar refractivity (Wildman–Crippen MR) is 117 cm³/mol. The van der Waals surface area contributed by atoms with E-state index < -0.39 is 0 Å². The Hall–Kier alpha value is -1.89. The summed E-state index contributed by atoms with van der Waals surface area (Å²) in [4.78, 5) is 30.6. The monoisotopic (exact) mass is 434 g/mol. The van der Waals surface area contributed by atoms with Crippen molar-refractivity contribution in [1.29, 1.82) is 0 Å². The topological polar surface area (TPSA) is 49.9 Å². The van der Waals surface area contributed by atoms with Gasteiger partial charge in [0.25, 0.3) is 0 Å². The van der Waals surface area contributed by atoms with Crippen molar-refractivity contribution >= 4 is 34.8 Å². The van der Waals surface area contributed by atoms with Crippen molar-refractivity contribution in [2.75, 3.05) is 39.2 Å². The number of benzene rings is 1. The SMILES string of the molecule is COCCN(CC(=O)N1CCc2sccc2C1c1ccccc1C)C(=O)CCCl. The highest BCUT2D eigenvalue weighted by atomic mass is 35.5. The van der Waals surface area contributed by atoms with Gasteiger partial charge >= 0.3 is 0 Å². The highest BCUT2D eigenvalue weighted by Crippen LogP contribution is 2.38. The second-order valence-electron chi connectivity index (χ2n) is 7.14. The Kier molecular flexibility index (Phi) is 7.70. The molecule has 7 heteroatoms. The van der Waals surface area contributed by atoms with E-state index in [-0.39, 0.29) is 36.7 Å². The Labute approximate surface area is 181 Å². The van der Waals surface area contributed by atoms with E-state index in [0.717, 1.165) is 17.5 Å². The van der Waals surface area contributed by atoms with E-state index in [0.29, 0.717) is 19.7 Å². The number of carbonyl (C=O) groups excluding carboxylic acids is 2. The Morgan fingerprint density at radius 2 is 2.07 bits per heavy atom. The van der Waals surface area contributed by atoms with Crippen LogP contribution in [0.4, 0.5) is 0 Å². The van der Waals surface area contributed by atoms with Crippen molar-refractivity contribution in [1.82, 2.24) is 9.80 Å². The van der Waals surface area contributed by atoms with E-state index in [1.807, 2.05) is 17.0 Å². The number of thiophene rings is 1. The van der Waals surface area contributed by atoms with Crippen LogP contribution in [-0.4, -0.2) is 60.8 Å². The van der Waals surface area contributed by atoms with Gasteiger partial charge in [-0.15, -0.1) is 22.9 Å². The van der Waals surface area contributed by atoms with Crippen molar-refractivity contribution in [3.05, 3.63) is 57.3 Å². The van der Waals surface area contributed by atoms with Crippen LogP contribution < -0.4 is 0 Å². The minimum Gasteiger partial charge on any atom is -0.383 e. The van der Waals surface area contributed by atoms with Crippen LogP contribution in [0, 0.1) is 6.92 Å². The number of fused-ring (bicyclic) bond motifs is 1. The Balaban J connectivity index is 1.87. The summed E-state index contributed by atoms with van der Waals surface area (Å²) < 4.78 is 5.12. The molecule has 1 unspecified atom stereocenters. The summed E-state index contributed by atoms with van der Waals surface area (Å²) in [5.74, 6) is 0.0739. The number of carbonyl (C=O) groups is 2. The van der Waals surface area contributed by atoms with Crippen LogP contribution in [0.15, 0.2) is 35.7 Å². The van der Waals surface area contributed by atoms with Crippen LogP contribution in [0.3, 0.4) is 0 Å². The molecule has 1 aliphatic heterocycles. The number of hydrogen-bond acceptors (Lipinski definition) is 4. The van der Waals surface area contributed by atoms with Crippen molar-refractivity contribution in [3.8, 4) is 0 Å². The number of ether oxygens (including phenoxy) is 1. The molecule has 29 heavy (non-hydrogen) atoms. The lowest BCUT2D eigenvalue weighted by Crippen LogP contribution is -2.47. The molecule has 5 nitrogen and oxygen atoms in total. The molecule has 2 amide bonds. The first-order valence-corrected chi connectivity index (χ1v) is 11.2. The first-order valence-electron chi connectivity index (χ1n) is 9.80. The number of aryl methyl sites for hydroxylation is 1. The molecule has 2 heterocycles. The number of alkyl halides is 1. The number of amides is 2. The zero-order valence-corrected chi connectivity index (χ0v) is 18.5. The molecule has 1 aliphatic rings. The molecular weight excluding hydrogens is 408 g/mol. The maximum absolute atomic E-state index is 13.4. The van der Waals surface area contributed by atoms with Gasteiger partial charge in [0.2, 0.25) is 11.8 Å². The molecular formula is C22H27ClN2O3S. The second kappa shape index (κ2) is 10.2. The van der Waals surface area contributed by atoms with Crippen molar-refractivity contribution in [2.24, 2.45) is 0 Å². The molecule has 1 aromatic carbocycles. The number of rotatable bonds is 8. The zero-order chi connectivity index (χ0) is 20.8. The largest absolute Gasteiger partial charge is 0.383 e. The fraction of sp³-hybridized carbons (Fsp3) is 0.455. The Morgan fingerprint density at radius 3 is 2.79 bits per heavy atom. The molecule has 0 saturated carbocycles. The van der Waals surface area contributed by atoms with Gasteiger partial charge in [0, 0.05) is 37.4 Å². The van der Waals surface area contributed by atoms with Crippen LogP contribution >= 0.6 is 22.9 Å². The summed E-state index contributed by atoms with van der Waals surface area (Å²) in [6.45, 7) is 3.53. The van der Waals surface area contributed by atoms with Gasteiger partial charge in [0.05, 0.1) is 19.2 Å². The molecule has 1 aromatic heterocycles. The van der Waals surface area contributed by atoms with Crippen LogP contribution in [0.25, 0.3) is 0 Å². The molecule has 0 N–H and O–H groups in total. The van der Waals surface area contributed by atoms with E-state index in [1.54, 1.807) is 23.3 Å². The molecule has 0 saturated heterocycles. The average Bonchev–Trinajstić information content (AvgIpc) is 3.20. The second-order valence-corrected chi connectivity index (χ2v) is 8.52. The van der Waals surface area contributed by atoms with E-state index >= 15 is 0 Å². The van der Waals surface area contributed by atoms with Crippen molar-refractivity contribution in [3.63, 3.8) is 0 Å². The molecule has 0 radical (unpaired) electrons. The third-order valence-electron chi connectivity index (χ3n) is 5.32. The van der Waals surface area contributed by atoms with E-state index in [1.165, 1.54) is 10.4 Å². The van der Waals surface area contributed by atoms with Crippen LogP contribution in [-0.2, 0) is 20.7 Å². The summed E-state index contributed by atoms with van der Waals surface area (Å²) in [6.07, 6.45) is 1.06. The molecule has 156 valence electrons. The van der Waals surface area contributed by atoms with E-state index in [2.05, 4.69) is 30.5 Å². The summed E-state index contributed by atoms with van der Waals surface area (Å²) in [5, 5.41) is 2.10. The van der Waals surface area contributed by atoms with Crippen LogP contribution in [0.1, 0.15) is 34.0 Å². The third kappa shape index (κ3) is 5.00.